The fraction of sp³-hybridized carbons (Fsp3) is 0.190. The Morgan fingerprint density at radius 1 is 1.06 bits per heavy atom. The third kappa shape index (κ3) is 4.69. The summed E-state index contributed by atoms with van der Waals surface area (Å²) in [6.45, 7) is 1.77. The van der Waals surface area contributed by atoms with Crippen LogP contribution in [0.4, 0.5) is 11.4 Å². The van der Waals surface area contributed by atoms with Crippen molar-refractivity contribution in [3.05, 3.63) is 86.3 Å². The molecule has 0 atom stereocenters. The lowest BCUT2D eigenvalue weighted by Gasteiger charge is -2.07. The molecule has 3 aromatic rings. The number of hydrogen-bond donors (Lipinski definition) is 2. The molecule has 3 rings (SSSR count). The van der Waals surface area contributed by atoms with E-state index in [1.807, 2.05) is 18.2 Å². The maximum atomic E-state index is 12.8. The minimum atomic E-state index is -0.552. The second-order valence-electron chi connectivity index (χ2n) is 6.79. The Bertz CT molecular complexity index is 1180. The first kappa shape index (κ1) is 21.5. The molecule has 1 heterocycles. The van der Waals surface area contributed by atoms with Crippen LogP contribution in [0.3, 0.4) is 0 Å². The molecule has 160 valence electrons. The monoisotopic (exact) mass is 423 g/mol. The summed E-state index contributed by atoms with van der Waals surface area (Å²) in [6, 6.07) is 14.2. The average Bonchev–Trinajstić information content (AvgIpc) is 2.97. The van der Waals surface area contributed by atoms with Crippen LogP contribution in [0.25, 0.3) is 5.69 Å². The predicted octanol–water partition coefficient (Wildman–Crippen LogP) is 2.15. The zero-order chi connectivity index (χ0) is 22.5. The maximum Gasteiger partial charge on any atom is 0.295 e. The van der Waals surface area contributed by atoms with Gasteiger partial charge in [0.05, 0.1) is 16.3 Å². The molecule has 0 aliphatic carbocycles. The highest BCUT2D eigenvalue weighted by Gasteiger charge is 2.18. The van der Waals surface area contributed by atoms with Crippen molar-refractivity contribution in [2.24, 2.45) is 7.05 Å². The van der Waals surface area contributed by atoms with Gasteiger partial charge in [-0.05, 0) is 31.2 Å². The van der Waals surface area contributed by atoms with Crippen LogP contribution in [0, 0.1) is 17.0 Å². The van der Waals surface area contributed by atoms with Crippen molar-refractivity contribution in [2.75, 3.05) is 11.9 Å². The summed E-state index contributed by atoms with van der Waals surface area (Å²) in [7, 11) is 1.73. The number of nitrogens with one attached hydrogen (secondary N) is 2. The van der Waals surface area contributed by atoms with Gasteiger partial charge < -0.3 is 10.6 Å². The Kier molecular flexibility index (Phi) is 6.29. The molecule has 1 aromatic heterocycles. The van der Waals surface area contributed by atoms with Crippen LogP contribution in [0.15, 0.2) is 59.4 Å². The van der Waals surface area contributed by atoms with Gasteiger partial charge in [0.15, 0.2) is 0 Å². The molecule has 2 amide bonds. The number of anilines is 1. The van der Waals surface area contributed by atoms with E-state index in [9.17, 15) is 24.5 Å². The lowest BCUT2D eigenvalue weighted by atomic mass is 10.2. The van der Waals surface area contributed by atoms with Crippen molar-refractivity contribution >= 4 is 23.2 Å². The Morgan fingerprint density at radius 2 is 1.71 bits per heavy atom. The number of para-hydroxylation sites is 1. The van der Waals surface area contributed by atoms with Gasteiger partial charge in [0, 0.05) is 37.7 Å². The highest BCUT2D eigenvalue weighted by Crippen LogP contribution is 2.14. The van der Waals surface area contributed by atoms with Gasteiger partial charge in [0.1, 0.15) is 5.69 Å². The van der Waals surface area contributed by atoms with Gasteiger partial charge in [0.2, 0.25) is 5.91 Å². The number of rotatable bonds is 7. The van der Waals surface area contributed by atoms with Crippen LogP contribution in [-0.4, -0.2) is 32.6 Å². The first-order chi connectivity index (χ1) is 14.8. The van der Waals surface area contributed by atoms with E-state index in [4.69, 9.17) is 0 Å². The summed E-state index contributed by atoms with van der Waals surface area (Å²) in [6.07, 6.45) is -0.0438. The number of nitro benzene ring substituents is 1. The van der Waals surface area contributed by atoms with E-state index in [-0.39, 0.29) is 35.5 Å². The van der Waals surface area contributed by atoms with Crippen molar-refractivity contribution in [3.8, 4) is 5.69 Å². The predicted molar refractivity (Wildman–Crippen MR) is 114 cm³/mol. The van der Waals surface area contributed by atoms with Crippen LogP contribution < -0.4 is 16.2 Å². The van der Waals surface area contributed by atoms with Crippen molar-refractivity contribution in [2.45, 2.75) is 13.3 Å². The molecule has 0 bridgehead atoms. The molecule has 2 N–H and O–H groups in total. The summed E-state index contributed by atoms with van der Waals surface area (Å²) in [4.78, 5) is 47.3. The molecule has 10 nitrogen and oxygen atoms in total. The van der Waals surface area contributed by atoms with Gasteiger partial charge >= 0.3 is 0 Å². The van der Waals surface area contributed by atoms with E-state index < -0.39 is 16.7 Å². The number of carbonyl (C=O) groups is 2. The number of carbonyl (C=O) groups excluding carboxylic acids is 2. The molecular formula is C21H21N5O5. The Morgan fingerprint density at radius 3 is 2.32 bits per heavy atom. The molecule has 0 unspecified atom stereocenters. The molecule has 0 fully saturated rings. The van der Waals surface area contributed by atoms with Crippen LogP contribution in [0.5, 0.6) is 0 Å². The normalized spacial score (nSPS) is 10.5. The molecule has 0 spiro atoms. The van der Waals surface area contributed by atoms with E-state index in [0.717, 1.165) is 0 Å². The summed E-state index contributed by atoms with van der Waals surface area (Å²) in [5, 5.41) is 15.9. The molecule has 10 heteroatoms. The molecule has 31 heavy (non-hydrogen) atoms. The Hall–Kier alpha value is -4.21. The number of aromatic nitrogens is 2. The van der Waals surface area contributed by atoms with Crippen LogP contribution in [0.1, 0.15) is 22.5 Å². The number of amides is 2. The number of non-ortho nitro benzene ring substituents is 1. The average molecular weight is 423 g/mol. The van der Waals surface area contributed by atoms with Crippen molar-refractivity contribution in [1.82, 2.24) is 14.7 Å². The quantitative estimate of drug-likeness (QED) is 0.444. The fourth-order valence-corrected chi connectivity index (χ4v) is 3.04. The minimum absolute atomic E-state index is 0.0421. The highest BCUT2D eigenvalue weighted by molar-refractivity contribution is 5.95. The number of nitro groups is 1. The molecule has 0 radical (unpaired) electrons. The van der Waals surface area contributed by atoms with Gasteiger partial charge in [0.25, 0.3) is 17.2 Å². The minimum Gasteiger partial charge on any atom is -0.352 e. The summed E-state index contributed by atoms with van der Waals surface area (Å²) in [5.41, 5.74) is 1.23. The van der Waals surface area contributed by atoms with Crippen molar-refractivity contribution in [3.63, 3.8) is 0 Å². The molecular weight excluding hydrogens is 402 g/mol. The van der Waals surface area contributed by atoms with Gasteiger partial charge in [-0.3, -0.25) is 29.2 Å². The second kappa shape index (κ2) is 9.08. The molecule has 2 aromatic carbocycles. The van der Waals surface area contributed by atoms with Crippen molar-refractivity contribution in [1.29, 1.82) is 0 Å². The second-order valence-corrected chi connectivity index (χ2v) is 6.79. The zero-order valence-electron chi connectivity index (χ0n) is 17.0. The smallest absolute Gasteiger partial charge is 0.295 e. The Balaban J connectivity index is 1.61. The van der Waals surface area contributed by atoms with E-state index >= 15 is 0 Å². The molecule has 0 saturated heterocycles. The summed E-state index contributed by atoms with van der Waals surface area (Å²) in [5.74, 6) is -0.875. The van der Waals surface area contributed by atoms with Crippen LogP contribution in [0.2, 0.25) is 0 Å². The van der Waals surface area contributed by atoms with E-state index in [2.05, 4.69) is 10.6 Å². The fourth-order valence-electron chi connectivity index (χ4n) is 3.04. The third-order valence-corrected chi connectivity index (χ3v) is 4.80. The van der Waals surface area contributed by atoms with Crippen LogP contribution >= 0.6 is 0 Å². The van der Waals surface area contributed by atoms with E-state index in [1.165, 1.54) is 28.9 Å². The third-order valence-electron chi connectivity index (χ3n) is 4.80. The van der Waals surface area contributed by atoms with Gasteiger partial charge in [-0.25, -0.2) is 4.68 Å². The Labute approximate surface area is 177 Å². The molecule has 0 aliphatic rings. The van der Waals surface area contributed by atoms with Crippen molar-refractivity contribution < 1.29 is 14.5 Å². The summed E-state index contributed by atoms with van der Waals surface area (Å²) < 4.78 is 3.12. The zero-order valence-corrected chi connectivity index (χ0v) is 17.0. The van der Waals surface area contributed by atoms with Gasteiger partial charge in [-0.15, -0.1) is 0 Å². The van der Waals surface area contributed by atoms with Crippen LogP contribution in [-0.2, 0) is 11.8 Å². The number of hydrogen-bond acceptors (Lipinski definition) is 5. The number of benzene rings is 2. The maximum absolute atomic E-state index is 12.8. The standard InChI is InChI=1S/C21H21N5O5/c1-14-19(21(29)25(24(14)2)16-6-4-3-5-7-16)23-18(27)12-13-22-20(28)15-8-10-17(11-9-15)26(30)31/h3-11H,12-13H2,1-2H3,(H,22,28)(H,23,27). The lowest BCUT2D eigenvalue weighted by Crippen LogP contribution is -2.28. The molecule has 0 aliphatic heterocycles. The van der Waals surface area contributed by atoms with Gasteiger partial charge in [-0.1, -0.05) is 18.2 Å². The largest absolute Gasteiger partial charge is 0.352 e. The molecule has 0 saturated carbocycles. The van der Waals surface area contributed by atoms with E-state index in [0.29, 0.717) is 11.4 Å². The number of nitrogens with zero attached hydrogens (tertiary/aromatic N) is 3. The lowest BCUT2D eigenvalue weighted by molar-refractivity contribution is -0.384. The first-order valence-electron chi connectivity index (χ1n) is 9.46. The van der Waals surface area contributed by atoms with E-state index in [1.54, 1.807) is 30.8 Å². The SMILES string of the molecule is Cc1c(NC(=O)CCNC(=O)c2ccc([N+](=O)[O-])cc2)c(=O)n(-c2ccccc2)n1C. The first-order valence-corrected chi connectivity index (χ1v) is 9.46. The summed E-state index contributed by atoms with van der Waals surface area (Å²) >= 11 is 0. The topological polar surface area (TPSA) is 128 Å². The van der Waals surface area contributed by atoms with Gasteiger partial charge in [-0.2, -0.15) is 0 Å². The highest BCUT2D eigenvalue weighted by atomic mass is 16.6.